The third kappa shape index (κ3) is 3.90. The summed E-state index contributed by atoms with van der Waals surface area (Å²) < 4.78 is 6.31. The van der Waals surface area contributed by atoms with Gasteiger partial charge in [-0.3, -0.25) is 14.5 Å². The molecule has 3 aromatic rings. The van der Waals surface area contributed by atoms with E-state index in [1.54, 1.807) is 54.5 Å². The van der Waals surface area contributed by atoms with Gasteiger partial charge in [-0.2, -0.15) is 0 Å². The fourth-order valence-electron chi connectivity index (χ4n) is 4.67. The molecule has 2 aliphatic rings. The number of likely N-dealkylation sites (tertiary alicyclic amines) is 1. The second kappa shape index (κ2) is 8.72. The number of rotatable bonds is 5. The number of aromatic nitrogens is 1. The molecule has 1 aromatic heterocycles. The van der Waals surface area contributed by atoms with Crippen molar-refractivity contribution < 1.29 is 19.1 Å². The fraction of sp³-hybridized carbons (Fsp3) is 0.360. The van der Waals surface area contributed by atoms with Gasteiger partial charge in [0.05, 0.1) is 22.3 Å². The zero-order chi connectivity index (χ0) is 23.9. The first-order valence-corrected chi connectivity index (χ1v) is 12.1. The minimum absolute atomic E-state index is 0.155. The molecule has 34 heavy (non-hydrogen) atoms. The van der Waals surface area contributed by atoms with Crippen LogP contribution in [0.4, 0.5) is 4.79 Å². The van der Waals surface area contributed by atoms with Crippen LogP contribution >= 0.6 is 11.3 Å². The number of ether oxygens (including phenoxy) is 1. The highest BCUT2D eigenvalue weighted by Gasteiger charge is 2.49. The Bertz CT molecular complexity index is 1220. The predicted octanol–water partition coefficient (Wildman–Crippen LogP) is 3.48. The fourth-order valence-corrected chi connectivity index (χ4v) is 5.76. The number of para-hydroxylation sites is 1. The molecule has 5 rings (SSSR count). The van der Waals surface area contributed by atoms with Crippen molar-refractivity contribution in [3.63, 3.8) is 0 Å². The van der Waals surface area contributed by atoms with Gasteiger partial charge in [-0.15, -0.1) is 11.3 Å². The lowest BCUT2D eigenvalue weighted by molar-refractivity contribution is -0.139. The van der Waals surface area contributed by atoms with Gasteiger partial charge in [-0.1, -0.05) is 24.3 Å². The molecule has 3 heterocycles. The van der Waals surface area contributed by atoms with Crippen molar-refractivity contribution in [2.75, 3.05) is 26.7 Å². The van der Waals surface area contributed by atoms with E-state index < -0.39 is 17.5 Å². The minimum Gasteiger partial charge on any atom is -0.497 e. The molecule has 8 nitrogen and oxygen atoms in total. The molecule has 0 unspecified atom stereocenters. The van der Waals surface area contributed by atoms with E-state index in [-0.39, 0.29) is 18.4 Å². The van der Waals surface area contributed by atoms with Crippen LogP contribution in [-0.2, 0) is 15.1 Å². The molecule has 176 valence electrons. The first-order chi connectivity index (χ1) is 16.4. The maximum absolute atomic E-state index is 13.2. The lowest BCUT2D eigenvalue weighted by atomic mass is 9.92. The number of amides is 4. The van der Waals surface area contributed by atoms with Gasteiger partial charge in [0.1, 0.15) is 17.8 Å². The molecule has 0 spiro atoms. The molecule has 0 saturated carbocycles. The Labute approximate surface area is 201 Å². The normalized spacial score (nSPS) is 22.8. The number of hydrogen-bond acceptors (Lipinski definition) is 6. The Kier molecular flexibility index (Phi) is 5.73. The average Bonchev–Trinajstić information content (AvgIpc) is 3.39. The van der Waals surface area contributed by atoms with E-state index in [9.17, 15) is 14.4 Å². The summed E-state index contributed by atoms with van der Waals surface area (Å²) in [5.41, 5.74) is 0.383. The van der Waals surface area contributed by atoms with Crippen LogP contribution in [0.2, 0.25) is 0 Å². The Balaban J connectivity index is 1.28. The highest BCUT2D eigenvalue weighted by Crippen LogP contribution is 2.34. The van der Waals surface area contributed by atoms with Crippen molar-refractivity contribution >= 4 is 39.4 Å². The van der Waals surface area contributed by atoms with E-state index in [0.29, 0.717) is 24.4 Å². The number of carbonyl (C=O) groups is 3. The summed E-state index contributed by atoms with van der Waals surface area (Å²) in [4.78, 5) is 46.6. The Morgan fingerprint density at radius 3 is 2.71 bits per heavy atom. The number of hydrogen-bond donors (Lipinski definition) is 1. The van der Waals surface area contributed by atoms with Crippen LogP contribution in [0.25, 0.3) is 10.2 Å². The number of thiazole rings is 1. The van der Waals surface area contributed by atoms with E-state index in [1.165, 1.54) is 0 Å². The number of nitrogens with one attached hydrogen (secondary N) is 1. The number of nitrogens with zero attached hydrogens (tertiary/aromatic N) is 3. The van der Waals surface area contributed by atoms with Crippen LogP contribution in [0.3, 0.4) is 0 Å². The van der Waals surface area contributed by atoms with E-state index in [1.807, 2.05) is 18.2 Å². The smallest absolute Gasteiger partial charge is 0.325 e. The van der Waals surface area contributed by atoms with Crippen LogP contribution in [0.5, 0.6) is 5.75 Å². The zero-order valence-electron chi connectivity index (χ0n) is 19.1. The molecule has 2 saturated heterocycles. The van der Waals surface area contributed by atoms with Crippen molar-refractivity contribution in [3.05, 3.63) is 59.1 Å². The SMILES string of the molecule is COc1ccc([C@]2(C)NC(=O)N(CC(=O)N3CCC[C@@H](c4nc5ccccc5s4)C3)C2=O)cc1. The standard InChI is InChI=1S/C25H26N4O4S/c1-25(17-9-11-18(33-2)12-10-17)23(31)29(24(32)27-25)15-21(30)28-13-5-6-16(14-28)22-26-19-7-3-4-8-20(19)34-22/h3-4,7-12,16H,5-6,13-15H2,1-2H3,(H,27,32)/t16-,25+/m1/s1. The van der Waals surface area contributed by atoms with Crippen molar-refractivity contribution in [2.45, 2.75) is 31.2 Å². The Hall–Kier alpha value is -3.46. The van der Waals surface area contributed by atoms with E-state index >= 15 is 0 Å². The second-order valence-electron chi connectivity index (χ2n) is 8.87. The number of fused-ring (bicyclic) bond motifs is 1. The van der Waals surface area contributed by atoms with Gasteiger partial charge in [0.25, 0.3) is 5.91 Å². The van der Waals surface area contributed by atoms with Crippen LogP contribution in [0.1, 0.15) is 36.3 Å². The number of carbonyl (C=O) groups excluding carboxylic acids is 3. The highest BCUT2D eigenvalue weighted by molar-refractivity contribution is 7.18. The maximum Gasteiger partial charge on any atom is 0.325 e. The third-order valence-electron chi connectivity index (χ3n) is 6.67. The van der Waals surface area contributed by atoms with Crippen LogP contribution in [0, 0.1) is 0 Å². The average molecular weight is 479 g/mol. The monoisotopic (exact) mass is 478 g/mol. The summed E-state index contributed by atoms with van der Waals surface area (Å²) in [5, 5.41) is 3.79. The summed E-state index contributed by atoms with van der Waals surface area (Å²) in [6, 6.07) is 14.4. The van der Waals surface area contributed by atoms with Gasteiger partial charge >= 0.3 is 6.03 Å². The maximum atomic E-state index is 13.2. The van der Waals surface area contributed by atoms with E-state index in [2.05, 4.69) is 11.4 Å². The lowest BCUT2D eigenvalue weighted by Gasteiger charge is -2.32. The van der Waals surface area contributed by atoms with Crippen molar-refractivity contribution in [2.24, 2.45) is 0 Å². The van der Waals surface area contributed by atoms with E-state index in [0.717, 1.165) is 33.0 Å². The molecule has 4 amide bonds. The third-order valence-corrected chi connectivity index (χ3v) is 7.87. The van der Waals surface area contributed by atoms with Gasteiger partial charge in [0.2, 0.25) is 5.91 Å². The van der Waals surface area contributed by atoms with Gasteiger partial charge in [-0.25, -0.2) is 9.78 Å². The molecule has 2 atom stereocenters. The summed E-state index contributed by atoms with van der Waals surface area (Å²) in [7, 11) is 1.56. The van der Waals surface area contributed by atoms with Gasteiger partial charge < -0.3 is 15.0 Å². The van der Waals surface area contributed by atoms with Gasteiger partial charge in [-0.05, 0) is 49.6 Å². The number of imide groups is 1. The molecule has 0 radical (unpaired) electrons. The summed E-state index contributed by atoms with van der Waals surface area (Å²) in [5.74, 6) is 0.149. The second-order valence-corrected chi connectivity index (χ2v) is 9.94. The van der Waals surface area contributed by atoms with Crippen LogP contribution < -0.4 is 10.1 Å². The molecule has 0 bridgehead atoms. The molecule has 2 aliphatic heterocycles. The molecule has 2 fully saturated rings. The summed E-state index contributed by atoms with van der Waals surface area (Å²) >= 11 is 1.66. The molecular weight excluding hydrogens is 452 g/mol. The topological polar surface area (TPSA) is 91.8 Å². The van der Waals surface area contributed by atoms with Gasteiger partial charge in [0, 0.05) is 19.0 Å². The van der Waals surface area contributed by atoms with E-state index in [4.69, 9.17) is 9.72 Å². The van der Waals surface area contributed by atoms with Crippen LogP contribution in [0.15, 0.2) is 48.5 Å². The first-order valence-electron chi connectivity index (χ1n) is 11.3. The first kappa shape index (κ1) is 22.3. The number of piperidine rings is 1. The number of urea groups is 1. The Morgan fingerprint density at radius 1 is 1.21 bits per heavy atom. The largest absolute Gasteiger partial charge is 0.497 e. The molecule has 0 aliphatic carbocycles. The van der Waals surface area contributed by atoms with Crippen LogP contribution in [-0.4, -0.2) is 59.4 Å². The molecule has 2 aromatic carbocycles. The summed E-state index contributed by atoms with van der Waals surface area (Å²) in [6.45, 7) is 2.53. The van der Waals surface area contributed by atoms with Gasteiger partial charge in [0.15, 0.2) is 0 Å². The minimum atomic E-state index is -1.23. The predicted molar refractivity (Wildman–Crippen MR) is 129 cm³/mol. The Morgan fingerprint density at radius 2 is 1.97 bits per heavy atom. The van der Waals surface area contributed by atoms with Crippen molar-refractivity contribution in [3.8, 4) is 5.75 Å². The molecule has 9 heteroatoms. The number of methoxy groups -OCH3 is 1. The van der Waals surface area contributed by atoms with Crippen molar-refractivity contribution in [1.29, 1.82) is 0 Å². The molecular formula is C25H26N4O4S. The highest BCUT2D eigenvalue weighted by atomic mass is 32.1. The lowest BCUT2D eigenvalue weighted by Crippen LogP contribution is -2.47. The van der Waals surface area contributed by atoms with Crippen molar-refractivity contribution in [1.82, 2.24) is 20.1 Å². The quantitative estimate of drug-likeness (QED) is 0.567. The number of benzene rings is 2. The summed E-state index contributed by atoms with van der Waals surface area (Å²) in [6.07, 6.45) is 1.82. The molecule has 1 N–H and O–H groups in total. The zero-order valence-corrected chi connectivity index (χ0v) is 19.9.